The molecule has 1 saturated heterocycles. The van der Waals surface area contributed by atoms with E-state index >= 15 is 0 Å². The number of fused-ring (bicyclic) bond motifs is 2. The highest BCUT2D eigenvalue weighted by Gasteiger charge is 2.26. The average molecular weight is 319 g/mol. The van der Waals surface area contributed by atoms with Gasteiger partial charge in [-0.1, -0.05) is 24.3 Å². The largest absolute Gasteiger partial charge is 0.303 e. The molecule has 2 aromatic carbocycles. The summed E-state index contributed by atoms with van der Waals surface area (Å²) in [4.78, 5) is 0. The highest BCUT2D eigenvalue weighted by atomic mass is 15.3. The van der Waals surface area contributed by atoms with Crippen molar-refractivity contribution < 1.29 is 0 Å². The van der Waals surface area contributed by atoms with Crippen molar-refractivity contribution in [2.45, 2.75) is 31.3 Å². The summed E-state index contributed by atoms with van der Waals surface area (Å²) in [6, 6.07) is 12.9. The van der Waals surface area contributed by atoms with Crippen molar-refractivity contribution in [1.29, 1.82) is 0 Å². The van der Waals surface area contributed by atoms with E-state index in [1.54, 1.807) is 0 Å². The van der Waals surface area contributed by atoms with Crippen molar-refractivity contribution >= 4 is 22.1 Å². The molecule has 5 rings (SSSR count). The van der Waals surface area contributed by atoms with Crippen LogP contribution in [0.5, 0.6) is 0 Å². The molecule has 3 N–H and O–H groups in total. The first-order valence-electron chi connectivity index (χ1n) is 8.25. The number of piperidine rings is 1. The van der Waals surface area contributed by atoms with E-state index in [9.17, 15) is 0 Å². The lowest BCUT2D eigenvalue weighted by atomic mass is 9.89. The number of aromatic nitrogens is 6. The molecule has 0 amide bonds. The Morgan fingerprint density at radius 3 is 1.79 bits per heavy atom. The summed E-state index contributed by atoms with van der Waals surface area (Å²) in [5.41, 5.74) is 6.15. The molecule has 1 aliphatic heterocycles. The minimum atomic E-state index is 0.264. The number of hydrogen-bond acceptors (Lipinski definition) is 5. The molecule has 3 heterocycles. The van der Waals surface area contributed by atoms with Crippen LogP contribution in [0, 0.1) is 0 Å². The van der Waals surface area contributed by atoms with Crippen molar-refractivity contribution in [3.8, 4) is 0 Å². The summed E-state index contributed by atoms with van der Waals surface area (Å²) in [6.07, 6.45) is 3.35. The van der Waals surface area contributed by atoms with Crippen LogP contribution in [-0.4, -0.2) is 30.8 Å². The van der Waals surface area contributed by atoms with Crippen LogP contribution in [-0.2, 0) is 0 Å². The van der Waals surface area contributed by atoms with Gasteiger partial charge in [-0.25, -0.2) is 0 Å². The molecule has 2 atom stereocenters. The van der Waals surface area contributed by atoms with Crippen LogP contribution < -0.4 is 5.32 Å². The van der Waals surface area contributed by atoms with Gasteiger partial charge in [-0.3, -0.25) is 0 Å². The van der Waals surface area contributed by atoms with Crippen LogP contribution in [0.15, 0.2) is 36.4 Å². The number of nitrogens with one attached hydrogen (secondary N) is 3. The lowest BCUT2D eigenvalue weighted by Crippen LogP contribution is -2.31. The molecule has 0 bridgehead atoms. The monoisotopic (exact) mass is 319 g/mol. The normalized spacial score (nSPS) is 21.5. The van der Waals surface area contributed by atoms with E-state index in [2.05, 4.69) is 48.3 Å². The number of H-pyrrole nitrogens is 2. The number of nitrogens with zero attached hydrogens (tertiary/aromatic N) is 4. The van der Waals surface area contributed by atoms with Crippen molar-refractivity contribution in [1.82, 2.24) is 36.1 Å². The van der Waals surface area contributed by atoms with Crippen LogP contribution in [0.4, 0.5) is 0 Å². The molecule has 0 aliphatic carbocycles. The molecule has 4 aromatic rings. The van der Waals surface area contributed by atoms with E-state index in [0.717, 1.165) is 41.3 Å². The Bertz CT molecular complexity index is 922. The Balaban J connectivity index is 1.52. The summed E-state index contributed by atoms with van der Waals surface area (Å²) in [5, 5.41) is 26.3. The zero-order valence-electron chi connectivity index (χ0n) is 13.0. The maximum Gasteiger partial charge on any atom is 0.117 e. The van der Waals surface area contributed by atoms with Crippen LogP contribution in [0.3, 0.4) is 0 Å². The summed E-state index contributed by atoms with van der Waals surface area (Å²) in [6.45, 7) is 0. The first kappa shape index (κ1) is 13.6. The second kappa shape index (κ2) is 5.38. The van der Waals surface area contributed by atoms with Gasteiger partial charge in [0.15, 0.2) is 0 Å². The third-order valence-corrected chi connectivity index (χ3v) is 4.90. The molecule has 0 radical (unpaired) electrons. The molecule has 24 heavy (non-hydrogen) atoms. The molecular weight excluding hydrogens is 302 g/mol. The second-order valence-corrected chi connectivity index (χ2v) is 6.28. The van der Waals surface area contributed by atoms with E-state index in [0.29, 0.717) is 0 Å². The van der Waals surface area contributed by atoms with Crippen LogP contribution in [0.25, 0.3) is 22.1 Å². The Labute approximate surface area is 137 Å². The van der Waals surface area contributed by atoms with Crippen molar-refractivity contribution in [3.05, 3.63) is 47.5 Å². The minimum Gasteiger partial charge on any atom is -0.303 e. The van der Waals surface area contributed by atoms with E-state index in [-0.39, 0.29) is 12.1 Å². The van der Waals surface area contributed by atoms with Crippen molar-refractivity contribution in [2.75, 3.05) is 0 Å². The van der Waals surface area contributed by atoms with Gasteiger partial charge < -0.3 is 5.32 Å². The van der Waals surface area contributed by atoms with Crippen LogP contribution >= 0.6 is 0 Å². The molecule has 1 fully saturated rings. The quantitative estimate of drug-likeness (QED) is 0.528. The number of para-hydroxylation sites is 2. The third-order valence-electron chi connectivity index (χ3n) is 4.90. The lowest BCUT2D eigenvalue weighted by Gasteiger charge is -2.31. The summed E-state index contributed by atoms with van der Waals surface area (Å²) >= 11 is 0. The first-order valence-corrected chi connectivity index (χ1v) is 8.25. The highest BCUT2D eigenvalue weighted by molar-refractivity contribution is 5.79. The maximum absolute atomic E-state index is 4.33. The molecule has 7 nitrogen and oxygen atoms in total. The summed E-state index contributed by atoms with van der Waals surface area (Å²) in [5.74, 6) is 0. The Hall–Kier alpha value is -2.80. The summed E-state index contributed by atoms with van der Waals surface area (Å²) in [7, 11) is 0. The molecule has 120 valence electrons. The fourth-order valence-electron chi connectivity index (χ4n) is 3.77. The number of hydrogen-bond donors (Lipinski definition) is 3. The van der Waals surface area contributed by atoms with Crippen LogP contribution in [0.1, 0.15) is 42.5 Å². The molecule has 2 unspecified atom stereocenters. The molecule has 2 aromatic heterocycles. The molecule has 0 spiro atoms. The van der Waals surface area contributed by atoms with Crippen molar-refractivity contribution in [3.63, 3.8) is 0 Å². The number of aromatic amines is 2. The Kier molecular flexibility index (Phi) is 3.05. The first-order chi connectivity index (χ1) is 11.9. The standard InChI is InChI=1S/C17H17N7/c1-4-10(16-14(8-1)19-23-21-16)12-6-3-7-13(18-12)11-5-2-9-15-17(11)22-24-20-15/h1-2,4-5,8-9,12-13,18H,3,6-7H2,(H,19,21,23)(H,20,22,24). The van der Waals surface area contributed by atoms with E-state index in [1.807, 2.05) is 24.3 Å². The van der Waals surface area contributed by atoms with Gasteiger partial charge >= 0.3 is 0 Å². The Morgan fingerprint density at radius 2 is 1.25 bits per heavy atom. The van der Waals surface area contributed by atoms with Gasteiger partial charge in [0.1, 0.15) is 22.1 Å². The number of rotatable bonds is 2. The smallest absolute Gasteiger partial charge is 0.117 e. The zero-order chi connectivity index (χ0) is 15.9. The zero-order valence-corrected chi connectivity index (χ0v) is 13.0. The fourth-order valence-corrected chi connectivity index (χ4v) is 3.77. The van der Waals surface area contributed by atoms with Gasteiger partial charge in [-0.05, 0) is 42.5 Å². The fraction of sp³-hybridized carbons (Fsp3) is 0.294. The van der Waals surface area contributed by atoms with E-state index in [1.165, 1.54) is 11.1 Å². The van der Waals surface area contributed by atoms with Gasteiger partial charge in [-0.15, -0.1) is 0 Å². The van der Waals surface area contributed by atoms with Gasteiger partial charge in [0.05, 0.1) is 0 Å². The molecule has 1 aliphatic rings. The Morgan fingerprint density at radius 1 is 0.708 bits per heavy atom. The van der Waals surface area contributed by atoms with Gasteiger partial charge in [0.2, 0.25) is 0 Å². The maximum atomic E-state index is 4.33. The second-order valence-electron chi connectivity index (χ2n) is 6.28. The van der Waals surface area contributed by atoms with E-state index < -0.39 is 0 Å². The summed E-state index contributed by atoms with van der Waals surface area (Å²) < 4.78 is 0. The lowest BCUT2D eigenvalue weighted by molar-refractivity contribution is 0.333. The van der Waals surface area contributed by atoms with E-state index in [4.69, 9.17) is 0 Å². The third kappa shape index (κ3) is 2.09. The SMILES string of the molecule is c1cc(C2CCCC(c3cccc4n[nH]nc34)N2)c2n[nH]nc2c1. The number of benzene rings is 2. The molecule has 7 heteroatoms. The predicted octanol–water partition coefficient (Wildman–Crippen LogP) is 2.79. The highest BCUT2D eigenvalue weighted by Crippen LogP contribution is 2.36. The van der Waals surface area contributed by atoms with Crippen molar-refractivity contribution in [2.24, 2.45) is 0 Å². The average Bonchev–Trinajstić information content (AvgIpc) is 3.30. The molecular formula is C17H17N7. The molecule has 0 saturated carbocycles. The van der Waals surface area contributed by atoms with Gasteiger partial charge in [0.25, 0.3) is 0 Å². The predicted molar refractivity (Wildman–Crippen MR) is 90.2 cm³/mol. The van der Waals surface area contributed by atoms with Crippen LogP contribution in [0.2, 0.25) is 0 Å². The minimum absolute atomic E-state index is 0.264. The van der Waals surface area contributed by atoms with Gasteiger partial charge in [-0.2, -0.15) is 30.8 Å². The topological polar surface area (TPSA) is 95.2 Å². The van der Waals surface area contributed by atoms with Gasteiger partial charge in [0, 0.05) is 12.1 Å².